The number of carboxylic acid groups (broad SMARTS) is 1. The Labute approximate surface area is 122 Å². The molecule has 0 aliphatic heterocycles. The van der Waals surface area contributed by atoms with Crippen molar-refractivity contribution in [1.29, 1.82) is 0 Å². The molecule has 0 heterocycles. The van der Waals surface area contributed by atoms with Gasteiger partial charge >= 0.3 is 5.97 Å². The molecule has 0 spiro atoms. The van der Waals surface area contributed by atoms with Crippen LogP contribution in [-0.4, -0.2) is 22.9 Å². The summed E-state index contributed by atoms with van der Waals surface area (Å²) in [6.07, 6.45) is 1.02. The van der Waals surface area contributed by atoms with Crippen LogP contribution < -0.4 is 0 Å². The molecular formula is C17H17FO3. The Morgan fingerprint density at radius 1 is 1.00 bits per heavy atom. The lowest BCUT2D eigenvalue weighted by molar-refractivity contribution is -0.155. The molecule has 0 fully saturated rings. The zero-order valence-electron chi connectivity index (χ0n) is 11.5. The zero-order valence-corrected chi connectivity index (χ0v) is 11.5. The summed E-state index contributed by atoms with van der Waals surface area (Å²) in [6, 6.07) is 14.9. The van der Waals surface area contributed by atoms with Crippen molar-refractivity contribution in [2.75, 3.05) is 6.67 Å². The third-order valence-corrected chi connectivity index (χ3v) is 3.47. The van der Waals surface area contributed by atoms with Crippen molar-refractivity contribution in [2.24, 2.45) is 0 Å². The van der Waals surface area contributed by atoms with Crippen LogP contribution in [0.4, 0.5) is 4.39 Å². The number of carboxylic acids is 1. The fourth-order valence-corrected chi connectivity index (χ4v) is 2.28. The molecule has 0 bridgehead atoms. The third kappa shape index (κ3) is 3.11. The molecule has 0 aliphatic rings. The van der Waals surface area contributed by atoms with Gasteiger partial charge in [-0.25, -0.2) is 4.79 Å². The van der Waals surface area contributed by atoms with Crippen LogP contribution in [0.5, 0.6) is 0 Å². The molecule has 2 N–H and O–H groups in total. The molecule has 110 valence electrons. The summed E-state index contributed by atoms with van der Waals surface area (Å²) in [7, 11) is 0. The van der Waals surface area contributed by atoms with Crippen molar-refractivity contribution in [3.8, 4) is 0 Å². The standard InChI is InChI=1S/C17H17FO3/c18-12-4-5-13-8-10-15(11-9-13)17(21,16(19)20)14-6-2-1-3-7-14/h1-3,6-11,21H,4-5,12H2,(H,19,20)/t17-/m0/s1. The van der Waals surface area contributed by atoms with Gasteiger partial charge in [0.2, 0.25) is 5.60 Å². The predicted molar refractivity (Wildman–Crippen MR) is 77.8 cm³/mol. The molecule has 0 aromatic heterocycles. The Bertz CT molecular complexity index is 595. The normalized spacial score (nSPS) is 13.6. The Morgan fingerprint density at radius 3 is 2.10 bits per heavy atom. The Kier molecular flexibility index (Phi) is 4.70. The molecule has 0 saturated carbocycles. The molecule has 0 unspecified atom stereocenters. The van der Waals surface area contributed by atoms with Gasteiger partial charge in [0.05, 0.1) is 6.67 Å². The van der Waals surface area contributed by atoms with E-state index in [1.165, 1.54) is 0 Å². The summed E-state index contributed by atoms with van der Waals surface area (Å²) in [6.45, 7) is -0.384. The summed E-state index contributed by atoms with van der Waals surface area (Å²) in [4.78, 5) is 11.6. The first kappa shape index (κ1) is 15.2. The van der Waals surface area contributed by atoms with Gasteiger partial charge in [0.25, 0.3) is 0 Å². The highest BCUT2D eigenvalue weighted by atomic mass is 19.1. The van der Waals surface area contributed by atoms with Crippen LogP contribution in [0.3, 0.4) is 0 Å². The number of hydrogen-bond acceptors (Lipinski definition) is 2. The van der Waals surface area contributed by atoms with Crippen LogP contribution in [0, 0.1) is 0 Å². The van der Waals surface area contributed by atoms with Crippen LogP contribution >= 0.6 is 0 Å². The quantitative estimate of drug-likeness (QED) is 0.859. The highest BCUT2D eigenvalue weighted by molar-refractivity contribution is 5.83. The molecule has 0 amide bonds. The van der Waals surface area contributed by atoms with Gasteiger partial charge in [0.1, 0.15) is 0 Å². The Hall–Kier alpha value is -2.20. The van der Waals surface area contributed by atoms with Crippen LogP contribution in [0.25, 0.3) is 0 Å². The predicted octanol–water partition coefficient (Wildman–Crippen LogP) is 2.91. The van der Waals surface area contributed by atoms with Gasteiger partial charge in [-0.3, -0.25) is 4.39 Å². The van der Waals surface area contributed by atoms with Gasteiger partial charge in [0, 0.05) is 0 Å². The number of alkyl halides is 1. The number of aryl methyl sites for hydroxylation is 1. The molecule has 2 aromatic carbocycles. The minimum absolute atomic E-state index is 0.283. The maximum absolute atomic E-state index is 12.2. The zero-order chi connectivity index (χ0) is 15.3. The van der Waals surface area contributed by atoms with Crippen LogP contribution in [0.1, 0.15) is 23.1 Å². The highest BCUT2D eigenvalue weighted by Crippen LogP contribution is 2.30. The smallest absolute Gasteiger partial charge is 0.345 e. The first-order chi connectivity index (χ1) is 10.1. The summed E-state index contributed by atoms with van der Waals surface area (Å²) >= 11 is 0. The van der Waals surface area contributed by atoms with Crippen molar-refractivity contribution in [3.05, 3.63) is 71.3 Å². The van der Waals surface area contributed by atoms with E-state index in [1.807, 2.05) is 0 Å². The minimum atomic E-state index is -2.08. The second-order valence-electron chi connectivity index (χ2n) is 4.87. The van der Waals surface area contributed by atoms with E-state index < -0.39 is 11.6 Å². The van der Waals surface area contributed by atoms with E-state index in [0.717, 1.165) is 5.56 Å². The molecule has 0 saturated heterocycles. The topological polar surface area (TPSA) is 57.5 Å². The fourth-order valence-electron chi connectivity index (χ4n) is 2.28. The summed E-state index contributed by atoms with van der Waals surface area (Å²) in [5.74, 6) is -1.33. The lowest BCUT2D eigenvalue weighted by Gasteiger charge is -2.24. The summed E-state index contributed by atoms with van der Waals surface area (Å²) in [5, 5.41) is 20.1. The second kappa shape index (κ2) is 6.50. The maximum Gasteiger partial charge on any atom is 0.345 e. The van der Waals surface area contributed by atoms with Crippen molar-refractivity contribution in [3.63, 3.8) is 0 Å². The molecule has 2 rings (SSSR count). The second-order valence-corrected chi connectivity index (χ2v) is 4.87. The van der Waals surface area contributed by atoms with Gasteiger partial charge in [-0.15, -0.1) is 0 Å². The number of carbonyl (C=O) groups is 1. The monoisotopic (exact) mass is 288 g/mol. The van der Waals surface area contributed by atoms with Gasteiger partial charge < -0.3 is 10.2 Å². The van der Waals surface area contributed by atoms with E-state index in [-0.39, 0.29) is 12.2 Å². The number of rotatable bonds is 6. The lowest BCUT2D eigenvalue weighted by atomic mass is 9.86. The maximum atomic E-state index is 12.2. The fraction of sp³-hybridized carbons (Fsp3) is 0.235. The van der Waals surface area contributed by atoms with E-state index in [4.69, 9.17) is 0 Å². The van der Waals surface area contributed by atoms with Crippen LogP contribution in [-0.2, 0) is 16.8 Å². The van der Waals surface area contributed by atoms with Gasteiger partial charge in [0.15, 0.2) is 0 Å². The number of aliphatic carboxylic acids is 1. The average Bonchev–Trinajstić information content (AvgIpc) is 2.53. The van der Waals surface area contributed by atoms with E-state index in [9.17, 15) is 19.4 Å². The van der Waals surface area contributed by atoms with Crippen LogP contribution in [0.2, 0.25) is 0 Å². The minimum Gasteiger partial charge on any atom is -0.479 e. The van der Waals surface area contributed by atoms with Gasteiger partial charge in [-0.2, -0.15) is 0 Å². The largest absolute Gasteiger partial charge is 0.479 e. The number of aliphatic hydroxyl groups is 1. The molecule has 3 nitrogen and oxygen atoms in total. The van der Waals surface area contributed by atoms with E-state index in [2.05, 4.69) is 0 Å². The molecular weight excluding hydrogens is 271 g/mol. The summed E-state index contributed by atoms with van der Waals surface area (Å²) in [5.41, 5.74) is -0.587. The van der Waals surface area contributed by atoms with Crippen molar-refractivity contribution in [1.82, 2.24) is 0 Å². The SMILES string of the molecule is O=C(O)[C@](O)(c1ccccc1)c1ccc(CCCF)cc1. The molecule has 2 aromatic rings. The third-order valence-electron chi connectivity index (χ3n) is 3.47. The van der Waals surface area contributed by atoms with E-state index >= 15 is 0 Å². The first-order valence-corrected chi connectivity index (χ1v) is 6.75. The van der Waals surface area contributed by atoms with Crippen molar-refractivity contribution >= 4 is 5.97 Å². The van der Waals surface area contributed by atoms with E-state index in [1.54, 1.807) is 54.6 Å². The summed E-state index contributed by atoms with van der Waals surface area (Å²) < 4.78 is 12.2. The van der Waals surface area contributed by atoms with E-state index in [0.29, 0.717) is 18.4 Å². The van der Waals surface area contributed by atoms with Crippen LogP contribution in [0.15, 0.2) is 54.6 Å². The van der Waals surface area contributed by atoms with Gasteiger partial charge in [-0.1, -0.05) is 54.6 Å². The number of benzene rings is 2. The van der Waals surface area contributed by atoms with Gasteiger partial charge in [-0.05, 0) is 29.5 Å². The molecule has 4 heteroatoms. The highest BCUT2D eigenvalue weighted by Gasteiger charge is 2.39. The van der Waals surface area contributed by atoms with Crippen molar-refractivity contribution in [2.45, 2.75) is 18.4 Å². The first-order valence-electron chi connectivity index (χ1n) is 6.75. The molecule has 0 radical (unpaired) electrons. The number of hydrogen-bond donors (Lipinski definition) is 2. The number of halogens is 1. The Balaban J connectivity index is 2.37. The molecule has 21 heavy (non-hydrogen) atoms. The van der Waals surface area contributed by atoms with Crippen molar-refractivity contribution < 1.29 is 19.4 Å². The average molecular weight is 288 g/mol. The molecule has 1 atom stereocenters. The lowest BCUT2D eigenvalue weighted by Crippen LogP contribution is -2.36. The Morgan fingerprint density at radius 2 is 1.57 bits per heavy atom. The molecule has 0 aliphatic carbocycles.